The van der Waals surface area contributed by atoms with Crippen LogP contribution in [0.1, 0.15) is 38.2 Å². The molecule has 84 valence electrons. The van der Waals surface area contributed by atoms with Gasteiger partial charge in [0.25, 0.3) is 0 Å². The van der Waals surface area contributed by atoms with Crippen LogP contribution in [-0.2, 0) is 6.54 Å². The Balaban J connectivity index is 2.08. The molecule has 1 saturated heterocycles. The Morgan fingerprint density at radius 2 is 2.47 bits per heavy atom. The fourth-order valence-electron chi connectivity index (χ4n) is 2.02. The van der Waals surface area contributed by atoms with Crippen LogP contribution in [0.5, 0.6) is 0 Å². The van der Waals surface area contributed by atoms with Gasteiger partial charge in [0.05, 0.1) is 12.7 Å². The number of nitrogens with zero attached hydrogens (tertiary/aromatic N) is 2. The third-order valence-corrected chi connectivity index (χ3v) is 3.85. The Bertz CT molecular complexity index is 327. The second-order valence-electron chi connectivity index (χ2n) is 4.52. The third kappa shape index (κ3) is 2.42. The summed E-state index contributed by atoms with van der Waals surface area (Å²) in [5, 5.41) is 7.92. The van der Waals surface area contributed by atoms with Crippen LogP contribution in [-0.4, -0.2) is 22.4 Å². The van der Waals surface area contributed by atoms with E-state index in [0.717, 1.165) is 17.7 Å². The second kappa shape index (κ2) is 4.66. The van der Waals surface area contributed by atoms with Crippen LogP contribution in [0.3, 0.4) is 0 Å². The van der Waals surface area contributed by atoms with E-state index < -0.39 is 0 Å². The van der Waals surface area contributed by atoms with Crippen molar-refractivity contribution in [3.63, 3.8) is 0 Å². The summed E-state index contributed by atoms with van der Waals surface area (Å²) in [5.41, 5.74) is 1.30. The van der Waals surface area contributed by atoms with Crippen LogP contribution in [0, 0.1) is 0 Å². The first-order valence-corrected chi connectivity index (χ1v) is 6.42. The normalized spacial score (nSPS) is 21.5. The summed E-state index contributed by atoms with van der Waals surface area (Å²) in [5.74, 6) is 0.532. The van der Waals surface area contributed by atoms with Crippen molar-refractivity contribution in [2.24, 2.45) is 0 Å². The lowest BCUT2D eigenvalue weighted by atomic mass is 10.1. The van der Waals surface area contributed by atoms with Gasteiger partial charge in [-0.15, -0.1) is 0 Å². The Morgan fingerprint density at radius 3 is 3.00 bits per heavy atom. The highest BCUT2D eigenvalue weighted by molar-refractivity contribution is 9.10. The number of rotatable bonds is 3. The van der Waals surface area contributed by atoms with E-state index in [1.807, 2.05) is 6.20 Å². The number of aromatic nitrogens is 2. The Hall–Kier alpha value is -0.350. The average molecular weight is 272 g/mol. The summed E-state index contributed by atoms with van der Waals surface area (Å²) in [6.07, 6.45) is 4.54. The fraction of sp³-hybridized carbons (Fsp3) is 0.727. The molecule has 0 spiro atoms. The predicted octanol–water partition coefficient (Wildman–Crippen LogP) is 2.52. The lowest BCUT2D eigenvalue weighted by Gasteiger charge is -2.11. The van der Waals surface area contributed by atoms with Gasteiger partial charge in [-0.25, -0.2) is 0 Å². The zero-order chi connectivity index (χ0) is 10.8. The van der Waals surface area contributed by atoms with Gasteiger partial charge in [0, 0.05) is 11.6 Å². The molecule has 1 N–H and O–H groups in total. The van der Waals surface area contributed by atoms with Gasteiger partial charge in [-0.1, -0.05) is 13.8 Å². The van der Waals surface area contributed by atoms with E-state index in [-0.39, 0.29) is 0 Å². The molecule has 1 aromatic heterocycles. The van der Waals surface area contributed by atoms with Crippen molar-refractivity contribution in [3.8, 4) is 0 Å². The van der Waals surface area contributed by atoms with Crippen LogP contribution in [0.15, 0.2) is 10.8 Å². The summed E-state index contributed by atoms with van der Waals surface area (Å²) < 4.78 is 3.21. The molecule has 0 saturated carbocycles. The van der Waals surface area contributed by atoms with E-state index in [1.54, 1.807) is 0 Å². The van der Waals surface area contributed by atoms with E-state index in [0.29, 0.717) is 12.0 Å². The zero-order valence-electron chi connectivity index (χ0n) is 9.33. The molecule has 1 atom stereocenters. The Kier molecular flexibility index (Phi) is 3.46. The summed E-state index contributed by atoms with van der Waals surface area (Å²) in [7, 11) is 0. The third-order valence-electron chi connectivity index (χ3n) is 2.98. The largest absolute Gasteiger partial charge is 0.312 e. The summed E-state index contributed by atoms with van der Waals surface area (Å²) in [4.78, 5) is 0. The van der Waals surface area contributed by atoms with Crippen molar-refractivity contribution in [1.29, 1.82) is 0 Å². The van der Waals surface area contributed by atoms with Crippen LogP contribution >= 0.6 is 15.9 Å². The number of hydrogen-bond donors (Lipinski definition) is 1. The first kappa shape index (κ1) is 11.1. The fourth-order valence-corrected chi connectivity index (χ4v) is 2.82. The highest BCUT2D eigenvalue weighted by atomic mass is 79.9. The van der Waals surface area contributed by atoms with Crippen LogP contribution in [0.4, 0.5) is 0 Å². The molecule has 1 fully saturated rings. The summed E-state index contributed by atoms with van der Waals surface area (Å²) in [6.45, 7) is 6.52. The SMILES string of the molecule is CC(C)c1cnn(CC2CCCN2)c1Br. The van der Waals surface area contributed by atoms with E-state index in [4.69, 9.17) is 0 Å². The van der Waals surface area contributed by atoms with Crippen molar-refractivity contribution < 1.29 is 0 Å². The monoisotopic (exact) mass is 271 g/mol. The predicted molar refractivity (Wildman–Crippen MR) is 65.0 cm³/mol. The molecule has 0 amide bonds. The molecule has 0 radical (unpaired) electrons. The van der Waals surface area contributed by atoms with Gasteiger partial charge in [-0.05, 0) is 41.2 Å². The molecule has 1 unspecified atom stereocenters. The van der Waals surface area contributed by atoms with Crippen molar-refractivity contribution in [3.05, 3.63) is 16.4 Å². The highest BCUT2D eigenvalue weighted by Gasteiger charge is 2.17. The summed E-state index contributed by atoms with van der Waals surface area (Å²) in [6, 6.07) is 0.598. The maximum Gasteiger partial charge on any atom is 0.107 e. The second-order valence-corrected chi connectivity index (χ2v) is 5.27. The number of hydrogen-bond acceptors (Lipinski definition) is 2. The quantitative estimate of drug-likeness (QED) is 0.916. The van der Waals surface area contributed by atoms with Crippen molar-refractivity contribution in [2.75, 3.05) is 6.54 Å². The average Bonchev–Trinajstić information content (AvgIpc) is 2.78. The van der Waals surface area contributed by atoms with Gasteiger partial charge < -0.3 is 5.32 Å². The standard InChI is InChI=1S/C11H18BrN3/c1-8(2)10-6-14-15(11(10)12)7-9-4-3-5-13-9/h6,8-9,13H,3-5,7H2,1-2H3. The minimum absolute atomic E-state index is 0.532. The first-order valence-electron chi connectivity index (χ1n) is 5.63. The molecule has 0 aromatic carbocycles. The molecule has 2 heterocycles. The van der Waals surface area contributed by atoms with Gasteiger partial charge in [0.1, 0.15) is 4.60 Å². The molecule has 0 aliphatic carbocycles. The van der Waals surface area contributed by atoms with Crippen LogP contribution < -0.4 is 5.32 Å². The van der Waals surface area contributed by atoms with Gasteiger partial charge >= 0.3 is 0 Å². The highest BCUT2D eigenvalue weighted by Crippen LogP contribution is 2.24. The van der Waals surface area contributed by atoms with Crippen molar-refractivity contribution in [1.82, 2.24) is 15.1 Å². The molecule has 15 heavy (non-hydrogen) atoms. The minimum Gasteiger partial charge on any atom is -0.312 e. The van der Waals surface area contributed by atoms with E-state index in [9.17, 15) is 0 Å². The molecule has 2 rings (SSSR count). The van der Waals surface area contributed by atoms with Gasteiger partial charge in [0.15, 0.2) is 0 Å². The molecule has 1 aliphatic rings. The van der Waals surface area contributed by atoms with Crippen LogP contribution in [0.2, 0.25) is 0 Å². The smallest absolute Gasteiger partial charge is 0.107 e. The molecule has 4 heteroatoms. The number of nitrogens with one attached hydrogen (secondary N) is 1. The maximum absolute atomic E-state index is 4.43. The topological polar surface area (TPSA) is 29.9 Å². The molecule has 1 aromatic rings. The Morgan fingerprint density at radius 1 is 1.67 bits per heavy atom. The molecular formula is C11H18BrN3. The van der Waals surface area contributed by atoms with Gasteiger partial charge in [0.2, 0.25) is 0 Å². The van der Waals surface area contributed by atoms with Crippen LogP contribution in [0.25, 0.3) is 0 Å². The van der Waals surface area contributed by atoms with Crippen molar-refractivity contribution >= 4 is 15.9 Å². The van der Waals surface area contributed by atoms with E-state index in [1.165, 1.54) is 18.4 Å². The maximum atomic E-state index is 4.43. The first-order chi connectivity index (χ1) is 7.18. The van der Waals surface area contributed by atoms with Gasteiger partial charge in [-0.3, -0.25) is 4.68 Å². The van der Waals surface area contributed by atoms with Crippen molar-refractivity contribution in [2.45, 2.75) is 45.2 Å². The molecule has 3 nitrogen and oxygen atoms in total. The number of halogens is 1. The van der Waals surface area contributed by atoms with E-state index >= 15 is 0 Å². The zero-order valence-corrected chi connectivity index (χ0v) is 10.9. The molecule has 0 bridgehead atoms. The Labute approximate surface area is 99.4 Å². The molecule has 1 aliphatic heterocycles. The molecular weight excluding hydrogens is 254 g/mol. The lowest BCUT2D eigenvalue weighted by Crippen LogP contribution is -2.27. The summed E-state index contributed by atoms with van der Waals surface area (Å²) >= 11 is 3.63. The minimum atomic E-state index is 0.532. The van der Waals surface area contributed by atoms with Gasteiger partial charge in [-0.2, -0.15) is 5.10 Å². The lowest BCUT2D eigenvalue weighted by molar-refractivity contribution is 0.469. The van der Waals surface area contributed by atoms with E-state index in [2.05, 4.69) is 44.9 Å².